The number of hydrogen-bond donors (Lipinski definition) is 0. The number of benzene rings is 1. The van der Waals surface area contributed by atoms with Crippen LogP contribution in [0.15, 0.2) is 12.1 Å². The van der Waals surface area contributed by atoms with Gasteiger partial charge in [0.25, 0.3) is 11.7 Å². The van der Waals surface area contributed by atoms with Crippen LogP contribution < -0.4 is 4.90 Å². The second kappa shape index (κ2) is 3.53. The number of carbonyl (C=O) groups excluding carboxylic acids is 2. The normalized spacial score (nSPS) is 18.8. The topological polar surface area (TPSA) is 37.4 Å². The molecular weight excluding hydrogens is 245 g/mol. The van der Waals surface area contributed by atoms with E-state index in [0.29, 0.717) is 18.2 Å². The smallest absolute Gasteiger partial charge is 0.299 e. The number of hydrogen-bond acceptors (Lipinski definition) is 2. The maximum Gasteiger partial charge on any atom is 0.299 e. The molecule has 1 aromatic rings. The largest absolute Gasteiger partial charge is 0.304 e. The lowest BCUT2D eigenvalue weighted by Gasteiger charge is -2.15. The third-order valence-corrected chi connectivity index (χ3v) is 3.44. The van der Waals surface area contributed by atoms with Crippen molar-refractivity contribution in [1.82, 2.24) is 0 Å². The molecule has 0 spiro atoms. The van der Waals surface area contributed by atoms with Crippen LogP contribution in [0.2, 0.25) is 5.02 Å². The van der Waals surface area contributed by atoms with Crippen LogP contribution >= 0.6 is 11.6 Å². The average molecular weight is 254 g/mol. The number of fused-ring (bicyclic) bond motifs is 1. The second-order valence-corrected chi connectivity index (χ2v) is 4.88. The van der Waals surface area contributed by atoms with E-state index in [-0.39, 0.29) is 10.6 Å². The molecule has 3 nitrogen and oxygen atoms in total. The third-order valence-electron chi connectivity index (χ3n) is 3.15. The highest BCUT2D eigenvalue weighted by atomic mass is 35.5. The molecule has 1 saturated carbocycles. The molecule has 88 valence electrons. The minimum atomic E-state index is -0.603. The summed E-state index contributed by atoms with van der Waals surface area (Å²) in [5.74, 6) is -1.33. The van der Waals surface area contributed by atoms with Crippen molar-refractivity contribution in [3.63, 3.8) is 0 Å². The van der Waals surface area contributed by atoms with Gasteiger partial charge in [0.15, 0.2) is 0 Å². The summed E-state index contributed by atoms with van der Waals surface area (Å²) in [5, 5.41) is -0.127. The van der Waals surface area contributed by atoms with Gasteiger partial charge in [-0.2, -0.15) is 0 Å². The van der Waals surface area contributed by atoms with Crippen LogP contribution in [0.25, 0.3) is 0 Å². The van der Waals surface area contributed by atoms with E-state index in [2.05, 4.69) is 0 Å². The number of amides is 1. The van der Waals surface area contributed by atoms with Gasteiger partial charge < -0.3 is 4.90 Å². The van der Waals surface area contributed by atoms with Crippen LogP contribution in [-0.4, -0.2) is 18.2 Å². The Labute approximate surface area is 102 Å². The Bertz CT molecular complexity index is 540. The SMILES string of the molecule is O=C1C(=O)N(CC2CC2)c2cc(F)c(Cl)cc21. The molecule has 0 saturated heterocycles. The lowest BCUT2D eigenvalue weighted by molar-refractivity contribution is -0.114. The van der Waals surface area contributed by atoms with E-state index in [4.69, 9.17) is 11.6 Å². The number of anilines is 1. The van der Waals surface area contributed by atoms with E-state index in [1.54, 1.807) is 0 Å². The number of nitrogens with zero attached hydrogens (tertiary/aromatic N) is 1. The predicted molar refractivity (Wildman–Crippen MR) is 60.8 cm³/mol. The standard InChI is InChI=1S/C12H9ClFNO2/c13-8-3-7-10(4-9(8)14)15(5-6-1-2-6)12(17)11(7)16/h3-4,6H,1-2,5H2. The molecule has 0 radical (unpaired) electrons. The van der Waals surface area contributed by atoms with Crippen LogP contribution in [0.1, 0.15) is 23.2 Å². The van der Waals surface area contributed by atoms with Gasteiger partial charge >= 0.3 is 0 Å². The fourth-order valence-corrected chi connectivity index (χ4v) is 2.19. The molecule has 1 aromatic carbocycles. The van der Waals surface area contributed by atoms with Crippen molar-refractivity contribution < 1.29 is 14.0 Å². The minimum Gasteiger partial charge on any atom is -0.304 e. The molecule has 0 atom stereocenters. The molecule has 5 heteroatoms. The minimum absolute atomic E-state index is 0.127. The number of Topliss-reactive ketones (excluding diaryl/α,β-unsaturated/α-hetero) is 1. The lowest BCUT2D eigenvalue weighted by Crippen LogP contribution is -2.31. The number of rotatable bonds is 2. The van der Waals surface area contributed by atoms with Crippen molar-refractivity contribution in [2.75, 3.05) is 11.4 Å². The van der Waals surface area contributed by atoms with Gasteiger partial charge in [0.05, 0.1) is 16.3 Å². The van der Waals surface area contributed by atoms with Crippen LogP contribution in [-0.2, 0) is 4.79 Å². The van der Waals surface area contributed by atoms with Crippen LogP contribution in [0, 0.1) is 11.7 Å². The van der Waals surface area contributed by atoms with Gasteiger partial charge in [-0.3, -0.25) is 9.59 Å². The summed E-state index contributed by atoms with van der Waals surface area (Å²) in [4.78, 5) is 24.8. The van der Waals surface area contributed by atoms with Crippen LogP contribution in [0.5, 0.6) is 0 Å². The van der Waals surface area contributed by atoms with Crippen molar-refractivity contribution in [1.29, 1.82) is 0 Å². The van der Waals surface area contributed by atoms with E-state index in [1.165, 1.54) is 17.0 Å². The molecule has 0 N–H and O–H groups in total. The molecule has 0 unspecified atom stereocenters. The predicted octanol–water partition coefficient (Wildman–Crippen LogP) is 2.42. The number of carbonyl (C=O) groups is 2. The Hall–Kier alpha value is -1.42. The summed E-state index contributed by atoms with van der Waals surface area (Å²) in [7, 11) is 0. The molecule has 1 amide bonds. The molecule has 0 bridgehead atoms. The van der Waals surface area contributed by atoms with Crippen molar-refractivity contribution in [3.05, 3.63) is 28.5 Å². The molecule has 1 fully saturated rings. The molecule has 3 rings (SSSR count). The van der Waals surface area contributed by atoms with Gasteiger partial charge in [-0.15, -0.1) is 0 Å². The van der Waals surface area contributed by atoms with Gasteiger partial charge in [0.1, 0.15) is 5.82 Å². The highest BCUT2D eigenvalue weighted by Crippen LogP contribution is 2.37. The van der Waals surface area contributed by atoms with E-state index in [1.807, 2.05) is 0 Å². The van der Waals surface area contributed by atoms with E-state index >= 15 is 0 Å². The molecule has 0 aromatic heterocycles. The zero-order valence-electron chi connectivity index (χ0n) is 8.87. The molecule has 1 aliphatic heterocycles. The average Bonchev–Trinajstić information content (AvgIpc) is 3.07. The summed E-state index contributed by atoms with van der Waals surface area (Å²) in [6, 6.07) is 2.40. The van der Waals surface area contributed by atoms with Crippen molar-refractivity contribution in [2.45, 2.75) is 12.8 Å². The Kier molecular flexibility index (Phi) is 2.23. The molecule has 2 aliphatic rings. The molecule has 17 heavy (non-hydrogen) atoms. The van der Waals surface area contributed by atoms with Gasteiger partial charge in [-0.1, -0.05) is 11.6 Å². The monoisotopic (exact) mass is 253 g/mol. The van der Waals surface area contributed by atoms with Crippen LogP contribution in [0.4, 0.5) is 10.1 Å². The number of halogens is 2. The Morgan fingerprint density at radius 1 is 1.35 bits per heavy atom. The van der Waals surface area contributed by atoms with Crippen molar-refractivity contribution in [2.24, 2.45) is 5.92 Å². The van der Waals surface area contributed by atoms with Gasteiger partial charge in [0, 0.05) is 6.54 Å². The van der Waals surface area contributed by atoms with E-state index < -0.39 is 17.5 Å². The van der Waals surface area contributed by atoms with Crippen LogP contribution in [0.3, 0.4) is 0 Å². The Balaban J connectivity index is 2.07. The highest BCUT2D eigenvalue weighted by Gasteiger charge is 2.39. The summed E-state index contributed by atoms with van der Waals surface area (Å²) in [5.41, 5.74) is 0.566. The van der Waals surface area contributed by atoms with Crippen molar-refractivity contribution >= 4 is 29.0 Å². The first-order valence-electron chi connectivity index (χ1n) is 5.43. The summed E-state index contributed by atoms with van der Waals surface area (Å²) in [6.45, 7) is 0.499. The lowest BCUT2D eigenvalue weighted by atomic mass is 10.1. The van der Waals surface area contributed by atoms with E-state index in [0.717, 1.165) is 12.8 Å². The molecule has 1 aliphatic carbocycles. The first kappa shape index (κ1) is 10.7. The van der Waals surface area contributed by atoms with Crippen molar-refractivity contribution in [3.8, 4) is 0 Å². The first-order valence-corrected chi connectivity index (χ1v) is 5.81. The summed E-state index contributed by atoms with van der Waals surface area (Å²) >= 11 is 5.61. The van der Waals surface area contributed by atoms with Gasteiger partial charge in [-0.25, -0.2) is 4.39 Å². The number of ketones is 1. The fraction of sp³-hybridized carbons (Fsp3) is 0.333. The quantitative estimate of drug-likeness (QED) is 0.759. The van der Waals surface area contributed by atoms with E-state index in [9.17, 15) is 14.0 Å². The fourth-order valence-electron chi connectivity index (χ4n) is 2.03. The third kappa shape index (κ3) is 1.63. The zero-order valence-corrected chi connectivity index (χ0v) is 9.63. The van der Waals surface area contributed by atoms with Gasteiger partial charge in [0.2, 0.25) is 0 Å². The maximum absolute atomic E-state index is 13.4. The Morgan fingerprint density at radius 2 is 2.06 bits per heavy atom. The Morgan fingerprint density at radius 3 is 2.71 bits per heavy atom. The highest BCUT2D eigenvalue weighted by molar-refractivity contribution is 6.52. The summed E-state index contributed by atoms with van der Waals surface area (Å²) in [6.07, 6.45) is 2.12. The molecular formula is C12H9ClFNO2. The zero-order chi connectivity index (χ0) is 12.2. The molecule has 1 heterocycles. The second-order valence-electron chi connectivity index (χ2n) is 4.47. The van der Waals surface area contributed by atoms with Gasteiger partial charge in [-0.05, 0) is 30.9 Å². The summed E-state index contributed by atoms with van der Waals surface area (Å²) < 4.78 is 13.4. The maximum atomic E-state index is 13.4. The first-order chi connectivity index (χ1) is 8.08.